The van der Waals surface area contributed by atoms with Crippen LogP contribution in [0.4, 0.5) is 0 Å². The van der Waals surface area contributed by atoms with Crippen LogP contribution in [0.25, 0.3) is 0 Å². The standard InChI is InChI=1S/C11H12BrN5O3/c12-5-1-7(14-3-5)9(19)15-4-6(18)2-8-10(20)17-11(13)16-8/h1-3,6,14,18H,4H2,(H,15,19)(H3,13,16,17,20)/b8-2+/t6-/m1/s1. The number of halogens is 1. The summed E-state index contributed by atoms with van der Waals surface area (Å²) in [4.78, 5) is 29.5. The first kappa shape index (κ1) is 14.3. The van der Waals surface area contributed by atoms with E-state index in [-0.39, 0.29) is 24.1 Å². The summed E-state index contributed by atoms with van der Waals surface area (Å²) in [6.45, 7) is -0.0539. The molecule has 2 heterocycles. The molecule has 0 aliphatic carbocycles. The quantitative estimate of drug-likeness (QED) is 0.458. The Morgan fingerprint density at radius 2 is 2.40 bits per heavy atom. The lowest BCUT2D eigenvalue weighted by atomic mass is 10.2. The lowest BCUT2D eigenvalue weighted by molar-refractivity contribution is -0.115. The van der Waals surface area contributed by atoms with Crippen molar-refractivity contribution in [1.29, 1.82) is 0 Å². The molecule has 9 heteroatoms. The number of aromatic nitrogens is 1. The van der Waals surface area contributed by atoms with Crippen LogP contribution in [0.1, 0.15) is 10.5 Å². The van der Waals surface area contributed by atoms with Gasteiger partial charge < -0.3 is 21.1 Å². The van der Waals surface area contributed by atoms with E-state index in [0.29, 0.717) is 5.69 Å². The molecule has 0 spiro atoms. The Morgan fingerprint density at radius 3 is 2.95 bits per heavy atom. The van der Waals surface area contributed by atoms with Crippen molar-refractivity contribution >= 4 is 33.7 Å². The molecule has 6 N–H and O–H groups in total. The Balaban J connectivity index is 1.90. The van der Waals surface area contributed by atoms with Crippen LogP contribution >= 0.6 is 15.9 Å². The lowest BCUT2D eigenvalue weighted by Gasteiger charge is -2.07. The highest BCUT2D eigenvalue weighted by atomic mass is 79.9. The number of nitrogens with two attached hydrogens (primary N) is 1. The zero-order chi connectivity index (χ0) is 14.7. The maximum absolute atomic E-state index is 11.7. The molecule has 1 aliphatic heterocycles. The molecule has 1 aliphatic rings. The second-order valence-corrected chi connectivity index (χ2v) is 4.93. The van der Waals surface area contributed by atoms with Gasteiger partial charge in [0, 0.05) is 17.2 Å². The molecule has 8 nitrogen and oxygen atoms in total. The smallest absolute Gasteiger partial charge is 0.276 e. The van der Waals surface area contributed by atoms with E-state index >= 15 is 0 Å². The van der Waals surface area contributed by atoms with Crippen molar-refractivity contribution < 1.29 is 14.7 Å². The fourth-order valence-electron chi connectivity index (χ4n) is 1.53. The second-order valence-electron chi connectivity index (χ2n) is 4.01. The molecule has 0 fully saturated rings. The van der Waals surface area contributed by atoms with Gasteiger partial charge in [0.25, 0.3) is 11.8 Å². The van der Waals surface area contributed by atoms with Crippen LogP contribution in [0, 0.1) is 0 Å². The summed E-state index contributed by atoms with van der Waals surface area (Å²) in [5, 5.41) is 14.5. The van der Waals surface area contributed by atoms with Crippen LogP contribution in [0.2, 0.25) is 0 Å². The van der Waals surface area contributed by atoms with Crippen LogP contribution in [-0.2, 0) is 4.79 Å². The highest BCUT2D eigenvalue weighted by Crippen LogP contribution is 2.10. The average molecular weight is 342 g/mol. The number of guanidine groups is 1. The van der Waals surface area contributed by atoms with Gasteiger partial charge in [-0.15, -0.1) is 0 Å². The molecule has 1 aromatic rings. The molecule has 106 valence electrons. The maximum Gasteiger partial charge on any atom is 0.276 e. The van der Waals surface area contributed by atoms with E-state index in [9.17, 15) is 14.7 Å². The molecule has 2 amide bonds. The molecule has 1 aromatic heterocycles. The fourth-order valence-corrected chi connectivity index (χ4v) is 1.88. The summed E-state index contributed by atoms with van der Waals surface area (Å²) in [5.41, 5.74) is 5.69. The van der Waals surface area contributed by atoms with Gasteiger partial charge in [-0.05, 0) is 28.1 Å². The van der Waals surface area contributed by atoms with Gasteiger partial charge in [-0.25, -0.2) is 4.99 Å². The minimum Gasteiger partial charge on any atom is -0.387 e. The van der Waals surface area contributed by atoms with Gasteiger partial charge in [-0.2, -0.15) is 0 Å². The number of hydrogen-bond acceptors (Lipinski definition) is 5. The maximum atomic E-state index is 11.7. The highest BCUT2D eigenvalue weighted by molar-refractivity contribution is 9.10. The van der Waals surface area contributed by atoms with Gasteiger partial charge >= 0.3 is 0 Å². The number of aromatic amines is 1. The van der Waals surface area contributed by atoms with E-state index in [4.69, 9.17) is 5.73 Å². The van der Waals surface area contributed by atoms with E-state index in [2.05, 4.69) is 36.5 Å². The summed E-state index contributed by atoms with van der Waals surface area (Å²) in [7, 11) is 0. The Bertz CT molecular complexity index is 607. The predicted octanol–water partition coefficient (Wildman–Crippen LogP) is -0.804. The normalized spacial score (nSPS) is 17.8. The topological polar surface area (TPSA) is 133 Å². The Kier molecular flexibility index (Phi) is 4.20. The Labute approximate surface area is 122 Å². The third kappa shape index (κ3) is 3.45. The van der Waals surface area contributed by atoms with Crippen LogP contribution in [0.3, 0.4) is 0 Å². The van der Waals surface area contributed by atoms with Crippen LogP contribution in [-0.4, -0.2) is 40.5 Å². The summed E-state index contributed by atoms with van der Waals surface area (Å²) < 4.78 is 0.748. The molecule has 0 radical (unpaired) electrons. The number of carbonyl (C=O) groups is 2. The van der Waals surface area contributed by atoms with Crippen LogP contribution in [0.15, 0.2) is 33.5 Å². The monoisotopic (exact) mass is 341 g/mol. The molecule has 2 rings (SSSR count). The SMILES string of the molecule is NC1=N/C(=C/[C@@H](O)CNC(=O)c2cc(Br)c[nH]2)C(=O)N1. The fraction of sp³-hybridized carbons (Fsp3) is 0.182. The van der Waals surface area contributed by atoms with Crippen LogP contribution in [0.5, 0.6) is 0 Å². The van der Waals surface area contributed by atoms with Gasteiger partial charge in [0.2, 0.25) is 5.96 Å². The van der Waals surface area contributed by atoms with Crippen molar-refractivity contribution in [1.82, 2.24) is 15.6 Å². The summed E-state index contributed by atoms with van der Waals surface area (Å²) in [6.07, 6.45) is 1.79. The molecule has 0 saturated heterocycles. The van der Waals surface area contributed by atoms with E-state index in [0.717, 1.165) is 4.47 Å². The van der Waals surface area contributed by atoms with Gasteiger partial charge in [0.05, 0.1) is 6.10 Å². The van der Waals surface area contributed by atoms with E-state index in [1.165, 1.54) is 6.08 Å². The van der Waals surface area contributed by atoms with Gasteiger partial charge in [0.1, 0.15) is 11.4 Å². The van der Waals surface area contributed by atoms with Crippen LogP contribution < -0.4 is 16.4 Å². The first-order valence-electron chi connectivity index (χ1n) is 5.63. The minimum atomic E-state index is -1.05. The number of nitrogens with zero attached hydrogens (tertiary/aromatic N) is 1. The van der Waals surface area contributed by atoms with Gasteiger partial charge in [-0.1, -0.05) is 0 Å². The predicted molar refractivity (Wildman–Crippen MR) is 74.7 cm³/mol. The van der Waals surface area contributed by atoms with E-state index in [1.54, 1.807) is 12.3 Å². The number of aliphatic imine (C=N–C) groups is 1. The molecular formula is C11H12BrN5O3. The van der Waals surface area contributed by atoms with E-state index < -0.39 is 12.0 Å². The number of aliphatic hydroxyl groups is 1. The van der Waals surface area contributed by atoms with Gasteiger partial charge in [-0.3, -0.25) is 14.9 Å². The Hall–Kier alpha value is -2.13. The number of hydrogen-bond donors (Lipinski definition) is 5. The summed E-state index contributed by atoms with van der Waals surface area (Å²) >= 11 is 3.21. The molecule has 20 heavy (non-hydrogen) atoms. The Morgan fingerprint density at radius 1 is 1.65 bits per heavy atom. The molecule has 1 atom stereocenters. The first-order chi connectivity index (χ1) is 9.45. The minimum absolute atomic E-state index is 0.0197. The van der Waals surface area contributed by atoms with Crippen molar-refractivity contribution in [2.24, 2.45) is 10.7 Å². The number of nitrogens with one attached hydrogen (secondary N) is 3. The summed E-state index contributed by atoms with van der Waals surface area (Å²) in [6, 6.07) is 1.61. The third-order valence-corrected chi connectivity index (χ3v) is 2.89. The summed E-state index contributed by atoms with van der Waals surface area (Å²) in [5.74, 6) is -0.873. The van der Waals surface area contributed by atoms with Crippen molar-refractivity contribution in [3.63, 3.8) is 0 Å². The zero-order valence-electron chi connectivity index (χ0n) is 10.2. The number of rotatable bonds is 4. The molecule has 0 bridgehead atoms. The van der Waals surface area contributed by atoms with Gasteiger partial charge in [0.15, 0.2) is 0 Å². The average Bonchev–Trinajstić information content (AvgIpc) is 2.93. The first-order valence-corrected chi connectivity index (χ1v) is 6.42. The number of amides is 2. The molecule has 0 saturated carbocycles. The van der Waals surface area contributed by atoms with Crippen molar-refractivity contribution in [2.45, 2.75) is 6.10 Å². The zero-order valence-corrected chi connectivity index (χ0v) is 11.8. The number of aliphatic hydroxyl groups excluding tert-OH is 1. The second kappa shape index (κ2) is 5.88. The highest BCUT2D eigenvalue weighted by Gasteiger charge is 2.19. The van der Waals surface area contributed by atoms with Crippen molar-refractivity contribution in [2.75, 3.05) is 6.54 Å². The third-order valence-electron chi connectivity index (χ3n) is 2.43. The van der Waals surface area contributed by atoms with E-state index in [1.807, 2.05) is 0 Å². The van der Waals surface area contributed by atoms with Crippen molar-refractivity contribution in [3.8, 4) is 0 Å². The number of H-pyrrole nitrogens is 1. The lowest BCUT2D eigenvalue weighted by Crippen LogP contribution is -2.32. The molecule has 0 aromatic carbocycles. The number of carbonyl (C=O) groups excluding carboxylic acids is 2. The van der Waals surface area contributed by atoms with Crippen molar-refractivity contribution in [3.05, 3.63) is 34.2 Å². The molecular weight excluding hydrogens is 330 g/mol. The molecule has 0 unspecified atom stereocenters. The largest absolute Gasteiger partial charge is 0.387 e.